The molecule has 3 heterocycles. The van der Waals surface area contributed by atoms with Crippen molar-refractivity contribution in [1.29, 1.82) is 0 Å². The Morgan fingerprint density at radius 3 is 2.67 bits per heavy atom. The number of fused-ring (bicyclic) bond motifs is 1. The zero-order chi connectivity index (χ0) is 18.2. The number of aromatic amines is 1. The second kappa shape index (κ2) is 6.17. The molecule has 0 unspecified atom stereocenters. The van der Waals surface area contributed by atoms with Gasteiger partial charge in [0.1, 0.15) is 5.82 Å². The summed E-state index contributed by atoms with van der Waals surface area (Å²) in [6, 6.07) is 19.2. The molecule has 1 aliphatic rings. The number of benzene rings is 2. The van der Waals surface area contributed by atoms with Crippen LogP contribution in [0.1, 0.15) is 0 Å². The Balaban J connectivity index is 1.69. The Labute approximate surface area is 155 Å². The first-order valence-electron chi connectivity index (χ1n) is 8.55. The van der Waals surface area contributed by atoms with E-state index in [1.165, 1.54) is 0 Å². The van der Waals surface area contributed by atoms with Crippen LogP contribution in [-0.4, -0.2) is 21.7 Å². The number of ether oxygens (including phenoxy) is 2. The van der Waals surface area contributed by atoms with Gasteiger partial charge in [-0.1, -0.05) is 18.2 Å². The summed E-state index contributed by atoms with van der Waals surface area (Å²) < 4.78 is 10.9. The summed E-state index contributed by atoms with van der Waals surface area (Å²) >= 11 is 0. The van der Waals surface area contributed by atoms with E-state index in [0.29, 0.717) is 11.4 Å². The van der Waals surface area contributed by atoms with Gasteiger partial charge in [0.05, 0.1) is 17.1 Å². The largest absolute Gasteiger partial charge is 0.454 e. The van der Waals surface area contributed by atoms with Crippen LogP contribution >= 0.6 is 0 Å². The van der Waals surface area contributed by atoms with Crippen molar-refractivity contribution in [3.63, 3.8) is 0 Å². The first-order chi connectivity index (χ1) is 13.3. The second-order valence-electron chi connectivity index (χ2n) is 6.22. The van der Waals surface area contributed by atoms with E-state index in [4.69, 9.17) is 20.2 Å². The molecule has 0 saturated carbocycles. The van der Waals surface area contributed by atoms with Gasteiger partial charge >= 0.3 is 0 Å². The molecule has 1 aliphatic heterocycles. The van der Waals surface area contributed by atoms with Crippen molar-refractivity contribution in [2.75, 3.05) is 12.5 Å². The van der Waals surface area contributed by atoms with Gasteiger partial charge in [0.15, 0.2) is 11.5 Å². The molecule has 0 amide bonds. The van der Waals surface area contributed by atoms with E-state index in [0.717, 1.165) is 39.8 Å². The van der Waals surface area contributed by atoms with Gasteiger partial charge in [0.2, 0.25) is 6.79 Å². The highest BCUT2D eigenvalue weighted by Gasteiger charge is 2.20. The molecule has 0 spiro atoms. The van der Waals surface area contributed by atoms with Crippen LogP contribution in [0.5, 0.6) is 11.5 Å². The third-order valence-electron chi connectivity index (χ3n) is 4.43. The highest BCUT2D eigenvalue weighted by atomic mass is 16.7. The van der Waals surface area contributed by atoms with Gasteiger partial charge in [-0.25, -0.2) is 4.98 Å². The van der Waals surface area contributed by atoms with E-state index in [-0.39, 0.29) is 6.79 Å². The van der Waals surface area contributed by atoms with Crippen LogP contribution in [-0.2, 0) is 0 Å². The minimum Gasteiger partial charge on any atom is -0.454 e. The van der Waals surface area contributed by atoms with Crippen LogP contribution in [0.25, 0.3) is 34.0 Å². The zero-order valence-corrected chi connectivity index (χ0v) is 14.3. The molecule has 3 N–H and O–H groups in total. The van der Waals surface area contributed by atoms with E-state index in [1.54, 1.807) is 6.20 Å². The quantitative estimate of drug-likeness (QED) is 0.539. The number of anilines is 1. The summed E-state index contributed by atoms with van der Waals surface area (Å²) in [5.74, 6) is 2.19. The lowest BCUT2D eigenvalue weighted by Crippen LogP contribution is -1.92. The Hall–Kier alpha value is -3.80. The molecule has 0 bridgehead atoms. The molecule has 0 radical (unpaired) electrons. The fraction of sp³-hybridized carbons (Fsp3) is 0.0476. The molecule has 0 atom stereocenters. The Morgan fingerprint density at radius 2 is 1.81 bits per heavy atom. The van der Waals surface area contributed by atoms with E-state index in [1.807, 2.05) is 60.7 Å². The summed E-state index contributed by atoms with van der Waals surface area (Å²) in [5, 5.41) is 0. The molecule has 2 aromatic carbocycles. The van der Waals surface area contributed by atoms with E-state index >= 15 is 0 Å². The normalized spacial score (nSPS) is 12.3. The fourth-order valence-corrected chi connectivity index (χ4v) is 3.14. The SMILES string of the molecule is Nc1cccc(-c2nc(-c3ccc4c(c3)OCO4)c(-c3ccccn3)[nH]2)c1. The smallest absolute Gasteiger partial charge is 0.231 e. The van der Waals surface area contributed by atoms with E-state index < -0.39 is 0 Å². The predicted octanol–water partition coefficient (Wildman–Crippen LogP) is 4.12. The highest BCUT2D eigenvalue weighted by Crippen LogP contribution is 2.39. The molecule has 27 heavy (non-hydrogen) atoms. The molecule has 6 nitrogen and oxygen atoms in total. The van der Waals surface area contributed by atoms with Gasteiger partial charge in [-0.05, 0) is 42.5 Å². The number of H-pyrrole nitrogens is 1. The monoisotopic (exact) mass is 356 g/mol. The third-order valence-corrected chi connectivity index (χ3v) is 4.43. The molecule has 0 fully saturated rings. The molecular weight excluding hydrogens is 340 g/mol. The summed E-state index contributed by atoms with van der Waals surface area (Å²) in [4.78, 5) is 12.7. The van der Waals surface area contributed by atoms with Crippen molar-refractivity contribution in [2.45, 2.75) is 0 Å². The van der Waals surface area contributed by atoms with Gasteiger partial charge in [-0.2, -0.15) is 0 Å². The Kier molecular flexibility index (Phi) is 3.53. The standard InChI is InChI=1S/C21H16N4O2/c22-15-5-3-4-14(10-15)21-24-19(20(25-21)16-6-1-2-9-23-16)13-7-8-17-18(11-13)27-12-26-17/h1-11H,12,22H2,(H,24,25). The maximum atomic E-state index is 5.94. The number of nitrogens with two attached hydrogens (primary N) is 1. The zero-order valence-electron chi connectivity index (χ0n) is 14.3. The molecule has 0 aliphatic carbocycles. The first-order valence-corrected chi connectivity index (χ1v) is 8.55. The van der Waals surface area contributed by atoms with Gasteiger partial charge in [0, 0.05) is 23.0 Å². The van der Waals surface area contributed by atoms with Crippen molar-refractivity contribution < 1.29 is 9.47 Å². The minimum absolute atomic E-state index is 0.237. The summed E-state index contributed by atoms with van der Waals surface area (Å²) in [7, 11) is 0. The topological polar surface area (TPSA) is 86.1 Å². The number of rotatable bonds is 3. The maximum Gasteiger partial charge on any atom is 0.231 e. The van der Waals surface area contributed by atoms with Gasteiger partial charge in [-0.15, -0.1) is 0 Å². The number of hydrogen-bond donors (Lipinski definition) is 2. The molecule has 2 aromatic heterocycles. The summed E-state index contributed by atoms with van der Waals surface area (Å²) in [6.45, 7) is 0.237. The van der Waals surface area contributed by atoms with Gasteiger partial charge < -0.3 is 20.2 Å². The average molecular weight is 356 g/mol. The first kappa shape index (κ1) is 15.5. The van der Waals surface area contributed by atoms with Crippen molar-refractivity contribution in [3.8, 4) is 45.5 Å². The molecule has 132 valence electrons. The number of nitrogens with one attached hydrogen (secondary N) is 1. The van der Waals surface area contributed by atoms with Crippen LogP contribution in [0.4, 0.5) is 5.69 Å². The summed E-state index contributed by atoms with van der Waals surface area (Å²) in [6.07, 6.45) is 1.76. The fourth-order valence-electron chi connectivity index (χ4n) is 3.14. The Morgan fingerprint density at radius 1 is 0.889 bits per heavy atom. The molecule has 6 heteroatoms. The van der Waals surface area contributed by atoms with E-state index in [9.17, 15) is 0 Å². The lowest BCUT2D eigenvalue weighted by Gasteiger charge is -2.03. The van der Waals surface area contributed by atoms with Crippen LogP contribution in [0.2, 0.25) is 0 Å². The summed E-state index contributed by atoms with van der Waals surface area (Å²) in [5.41, 5.74) is 10.9. The lowest BCUT2D eigenvalue weighted by atomic mass is 10.1. The second-order valence-corrected chi connectivity index (χ2v) is 6.22. The molecule has 4 aromatic rings. The number of nitrogens with zero attached hydrogens (tertiary/aromatic N) is 2. The predicted molar refractivity (Wildman–Crippen MR) is 103 cm³/mol. The number of imidazole rings is 1. The molecule has 0 saturated heterocycles. The number of aromatic nitrogens is 3. The van der Waals surface area contributed by atoms with Gasteiger partial charge in [0.25, 0.3) is 0 Å². The van der Waals surface area contributed by atoms with Crippen molar-refractivity contribution in [2.24, 2.45) is 0 Å². The molecule has 5 rings (SSSR count). The van der Waals surface area contributed by atoms with Crippen LogP contribution < -0.4 is 15.2 Å². The minimum atomic E-state index is 0.237. The van der Waals surface area contributed by atoms with Crippen LogP contribution in [0, 0.1) is 0 Å². The maximum absolute atomic E-state index is 5.94. The van der Waals surface area contributed by atoms with Crippen LogP contribution in [0.15, 0.2) is 66.9 Å². The molecular formula is C21H16N4O2. The number of hydrogen-bond acceptors (Lipinski definition) is 5. The third kappa shape index (κ3) is 2.77. The van der Waals surface area contributed by atoms with Crippen molar-refractivity contribution in [1.82, 2.24) is 15.0 Å². The number of pyridine rings is 1. The van der Waals surface area contributed by atoms with Crippen molar-refractivity contribution >= 4 is 5.69 Å². The highest BCUT2D eigenvalue weighted by molar-refractivity contribution is 5.81. The lowest BCUT2D eigenvalue weighted by molar-refractivity contribution is 0.174. The Bertz CT molecular complexity index is 1120. The van der Waals surface area contributed by atoms with Crippen molar-refractivity contribution in [3.05, 3.63) is 66.9 Å². The average Bonchev–Trinajstić information content (AvgIpc) is 3.35. The van der Waals surface area contributed by atoms with Gasteiger partial charge in [-0.3, -0.25) is 4.98 Å². The number of nitrogen functional groups attached to an aromatic ring is 1. The van der Waals surface area contributed by atoms with E-state index in [2.05, 4.69) is 9.97 Å². The van der Waals surface area contributed by atoms with Crippen LogP contribution in [0.3, 0.4) is 0 Å².